The molecular weight excluding hydrogens is 297 g/mol. The van der Waals surface area contributed by atoms with Gasteiger partial charge in [-0.3, -0.25) is 4.79 Å². The average Bonchev–Trinajstić information content (AvgIpc) is 3.05. The zero-order valence-corrected chi connectivity index (χ0v) is 13.8. The molecule has 1 saturated heterocycles. The Morgan fingerprint density at radius 1 is 1.35 bits per heavy atom. The molecule has 0 N–H and O–H groups in total. The molecule has 2 heterocycles. The van der Waals surface area contributed by atoms with E-state index in [1.807, 2.05) is 27.7 Å². The maximum atomic E-state index is 14.1. The number of rotatable bonds is 2. The summed E-state index contributed by atoms with van der Waals surface area (Å²) in [5, 5.41) is 3.99. The lowest BCUT2D eigenvalue weighted by atomic mass is 9.96. The van der Waals surface area contributed by atoms with Crippen molar-refractivity contribution in [2.75, 3.05) is 11.4 Å². The predicted molar refractivity (Wildman–Crippen MR) is 83.8 cm³/mol. The van der Waals surface area contributed by atoms with E-state index in [1.54, 1.807) is 12.1 Å². The van der Waals surface area contributed by atoms with Crippen molar-refractivity contribution in [1.29, 1.82) is 0 Å². The predicted octanol–water partition coefficient (Wildman–Crippen LogP) is 3.34. The lowest BCUT2D eigenvalue weighted by Crippen LogP contribution is -2.25. The van der Waals surface area contributed by atoms with Crippen molar-refractivity contribution in [1.82, 2.24) is 10.1 Å². The summed E-state index contributed by atoms with van der Waals surface area (Å²) < 4.78 is 19.4. The highest BCUT2D eigenvalue weighted by Crippen LogP contribution is 2.33. The summed E-state index contributed by atoms with van der Waals surface area (Å²) in [5.74, 6) is 0.332. The third kappa shape index (κ3) is 2.98. The largest absolute Gasteiger partial charge is 0.339 e. The van der Waals surface area contributed by atoms with Gasteiger partial charge in [0, 0.05) is 18.4 Å². The SMILES string of the molecule is Cc1ccc(N2CC(c3nc(C(C)(C)C)no3)CC2=O)c(F)c1. The van der Waals surface area contributed by atoms with Crippen molar-refractivity contribution < 1.29 is 13.7 Å². The number of aryl methyl sites for hydroxylation is 1. The van der Waals surface area contributed by atoms with E-state index in [-0.39, 0.29) is 29.5 Å². The minimum atomic E-state index is -0.389. The smallest absolute Gasteiger partial charge is 0.232 e. The van der Waals surface area contributed by atoms with Gasteiger partial charge in [0.25, 0.3) is 0 Å². The number of hydrogen-bond donors (Lipinski definition) is 0. The van der Waals surface area contributed by atoms with Crippen LogP contribution < -0.4 is 4.90 Å². The Morgan fingerprint density at radius 3 is 2.70 bits per heavy atom. The summed E-state index contributed by atoms with van der Waals surface area (Å²) in [6.07, 6.45) is 0.249. The van der Waals surface area contributed by atoms with E-state index in [9.17, 15) is 9.18 Å². The van der Waals surface area contributed by atoms with Crippen LogP contribution in [0.5, 0.6) is 0 Å². The van der Waals surface area contributed by atoms with Gasteiger partial charge in [-0.05, 0) is 24.6 Å². The Labute approximate surface area is 134 Å². The van der Waals surface area contributed by atoms with Crippen molar-refractivity contribution in [2.45, 2.75) is 45.4 Å². The Hall–Kier alpha value is -2.24. The molecule has 1 fully saturated rings. The maximum Gasteiger partial charge on any atom is 0.232 e. The minimum absolute atomic E-state index is 0.131. The van der Waals surface area contributed by atoms with Gasteiger partial charge in [0.1, 0.15) is 5.82 Å². The van der Waals surface area contributed by atoms with E-state index in [0.717, 1.165) is 5.56 Å². The molecule has 23 heavy (non-hydrogen) atoms. The third-order valence-electron chi connectivity index (χ3n) is 3.98. The number of benzene rings is 1. The van der Waals surface area contributed by atoms with Gasteiger partial charge in [-0.15, -0.1) is 0 Å². The number of anilines is 1. The van der Waals surface area contributed by atoms with Crippen molar-refractivity contribution in [3.63, 3.8) is 0 Å². The number of carbonyl (C=O) groups is 1. The second-order valence-electron chi connectivity index (χ2n) is 7.07. The summed E-state index contributed by atoms with van der Waals surface area (Å²) in [7, 11) is 0. The fraction of sp³-hybridized carbons (Fsp3) is 0.471. The number of hydrogen-bond acceptors (Lipinski definition) is 4. The number of aromatic nitrogens is 2. The molecule has 0 bridgehead atoms. The van der Waals surface area contributed by atoms with Crippen molar-refractivity contribution in [3.8, 4) is 0 Å². The van der Waals surface area contributed by atoms with Gasteiger partial charge in [-0.2, -0.15) is 4.98 Å². The highest BCUT2D eigenvalue weighted by atomic mass is 19.1. The van der Waals surface area contributed by atoms with Crippen molar-refractivity contribution >= 4 is 11.6 Å². The molecule has 1 unspecified atom stereocenters. The van der Waals surface area contributed by atoms with Crippen LogP contribution in [0.15, 0.2) is 22.7 Å². The van der Waals surface area contributed by atoms with Crippen molar-refractivity contribution in [3.05, 3.63) is 41.3 Å². The molecular formula is C17H20FN3O2. The number of nitrogens with zero attached hydrogens (tertiary/aromatic N) is 3. The second-order valence-corrected chi connectivity index (χ2v) is 7.07. The highest BCUT2D eigenvalue weighted by molar-refractivity contribution is 5.96. The molecule has 2 aromatic rings. The van der Waals surface area contributed by atoms with Gasteiger partial charge in [0.2, 0.25) is 11.8 Å². The van der Waals surface area contributed by atoms with E-state index in [2.05, 4.69) is 10.1 Å². The van der Waals surface area contributed by atoms with Crippen LogP contribution in [-0.2, 0) is 10.2 Å². The van der Waals surface area contributed by atoms with Gasteiger partial charge < -0.3 is 9.42 Å². The zero-order chi connectivity index (χ0) is 16.8. The number of amides is 1. The monoisotopic (exact) mass is 317 g/mol. The molecule has 0 saturated carbocycles. The van der Waals surface area contributed by atoms with Gasteiger partial charge >= 0.3 is 0 Å². The first kappa shape index (κ1) is 15.6. The van der Waals surface area contributed by atoms with E-state index in [0.29, 0.717) is 23.9 Å². The molecule has 0 aliphatic carbocycles. The highest BCUT2D eigenvalue weighted by Gasteiger charge is 2.36. The second kappa shape index (κ2) is 5.44. The lowest BCUT2D eigenvalue weighted by Gasteiger charge is -2.17. The molecule has 1 amide bonds. The molecule has 0 spiro atoms. The zero-order valence-electron chi connectivity index (χ0n) is 13.8. The van der Waals surface area contributed by atoms with Crippen molar-refractivity contribution in [2.24, 2.45) is 0 Å². The van der Waals surface area contributed by atoms with Gasteiger partial charge in [0.15, 0.2) is 5.82 Å². The first-order valence-electron chi connectivity index (χ1n) is 7.66. The van der Waals surface area contributed by atoms with E-state index >= 15 is 0 Å². The van der Waals surface area contributed by atoms with Gasteiger partial charge in [-0.25, -0.2) is 4.39 Å². The van der Waals surface area contributed by atoms with E-state index < -0.39 is 0 Å². The first-order valence-corrected chi connectivity index (χ1v) is 7.66. The number of halogens is 1. The average molecular weight is 317 g/mol. The minimum Gasteiger partial charge on any atom is -0.339 e. The first-order chi connectivity index (χ1) is 10.8. The lowest BCUT2D eigenvalue weighted by molar-refractivity contribution is -0.117. The molecule has 5 nitrogen and oxygen atoms in total. The molecule has 3 rings (SSSR count). The van der Waals surface area contributed by atoms with Crippen LogP contribution >= 0.6 is 0 Å². The van der Waals surface area contributed by atoms with Crippen LogP contribution in [0.3, 0.4) is 0 Å². The van der Waals surface area contributed by atoms with Crippen LogP contribution in [0, 0.1) is 12.7 Å². The Balaban J connectivity index is 1.84. The Morgan fingerprint density at radius 2 is 2.09 bits per heavy atom. The molecule has 1 aliphatic rings. The van der Waals surface area contributed by atoms with Gasteiger partial charge in [-0.1, -0.05) is 32.0 Å². The van der Waals surface area contributed by atoms with Gasteiger partial charge in [0.05, 0.1) is 11.6 Å². The molecule has 1 aliphatic heterocycles. The van der Waals surface area contributed by atoms with Crippen LogP contribution in [0.4, 0.5) is 10.1 Å². The summed E-state index contributed by atoms with van der Waals surface area (Å²) >= 11 is 0. The standard InChI is InChI=1S/C17H20FN3O2/c1-10-5-6-13(12(18)7-10)21-9-11(8-14(21)22)15-19-16(20-23-15)17(2,3)4/h5-7,11H,8-9H2,1-4H3. The quantitative estimate of drug-likeness (QED) is 0.852. The summed E-state index contributed by atoms with van der Waals surface area (Å²) in [6.45, 7) is 8.15. The summed E-state index contributed by atoms with van der Waals surface area (Å²) in [5.41, 5.74) is 0.910. The van der Waals surface area contributed by atoms with Crippen LogP contribution in [0.2, 0.25) is 0 Å². The van der Waals surface area contributed by atoms with Crippen LogP contribution in [0.1, 0.15) is 50.4 Å². The Bertz CT molecular complexity index is 749. The summed E-state index contributed by atoms with van der Waals surface area (Å²) in [4.78, 5) is 18.1. The fourth-order valence-electron chi connectivity index (χ4n) is 2.64. The molecule has 1 aromatic carbocycles. The maximum absolute atomic E-state index is 14.1. The number of carbonyl (C=O) groups excluding carboxylic acids is 1. The van der Waals surface area contributed by atoms with E-state index in [4.69, 9.17) is 4.52 Å². The Kier molecular flexibility index (Phi) is 3.70. The molecule has 122 valence electrons. The fourth-order valence-corrected chi connectivity index (χ4v) is 2.64. The molecule has 0 radical (unpaired) electrons. The molecule has 6 heteroatoms. The normalized spacial score (nSPS) is 18.7. The molecule has 1 atom stereocenters. The third-order valence-corrected chi connectivity index (χ3v) is 3.98. The molecule has 1 aromatic heterocycles. The van der Waals surface area contributed by atoms with E-state index in [1.165, 1.54) is 11.0 Å². The summed E-state index contributed by atoms with van der Waals surface area (Å²) in [6, 6.07) is 4.86. The topological polar surface area (TPSA) is 59.2 Å². The van der Waals surface area contributed by atoms with Crippen LogP contribution in [0.25, 0.3) is 0 Å². The van der Waals surface area contributed by atoms with Crippen LogP contribution in [-0.4, -0.2) is 22.6 Å².